The predicted octanol–water partition coefficient (Wildman–Crippen LogP) is 1.49. The molecule has 3 aromatic rings. The van der Waals surface area contributed by atoms with Gasteiger partial charge in [0, 0.05) is 0 Å². The fourth-order valence-corrected chi connectivity index (χ4v) is 4.33. The number of halogens is 1. The summed E-state index contributed by atoms with van der Waals surface area (Å²) in [6, 6.07) is 12.7. The van der Waals surface area contributed by atoms with Crippen molar-refractivity contribution in [3.8, 4) is 0 Å². The molecule has 0 bridgehead atoms. The standard InChI is InChI=1S/C22H25NOS2.ClH/c1-3-17-4-6-18(7-5-17)22(24)16(2)23-11-8-21(19-9-12-25-14-19)20-10-13-26-15-20;/h4-10,12-16,22-24H,3,11H2,1-2H3;1H. The average molecular weight is 420 g/mol. The Bertz CT molecular complexity index is 774. The first-order chi connectivity index (χ1) is 12.7. The van der Waals surface area contributed by atoms with E-state index in [1.807, 2.05) is 12.1 Å². The van der Waals surface area contributed by atoms with E-state index >= 15 is 0 Å². The second-order valence-corrected chi connectivity index (χ2v) is 8.07. The number of thiophene rings is 2. The molecule has 1 aromatic carbocycles. The molecular weight excluding hydrogens is 394 g/mol. The molecule has 2 nitrogen and oxygen atoms in total. The quantitative estimate of drug-likeness (QED) is 0.570. The molecule has 27 heavy (non-hydrogen) atoms. The molecule has 0 saturated carbocycles. The Kier molecular flexibility index (Phi) is 8.74. The third-order valence-electron chi connectivity index (χ3n) is 4.72. The minimum Gasteiger partial charge on any atom is -1.00 e. The van der Waals surface area contributed by atoms with E-state index in [0.29, 0.717) is 0 Å². The van der Waals surface area contributed by atoms with Crippen LogP contribution in [-0.2, 0) is 6.42 Å². The van der Waals surface area contributed by atoms with Crippen LogP contribution in [0.2, 0.25) is 0 Å². The molecule has 3 N–H and O–H groups in total. The topological polar surface area (TPSA) is 36.8 Å². The third kappa shape index (κ3) is 5.77. The number of hydrogen-bond donors (Lipinski definition) is 2. The first-order valence-electron chi connectivity index (χ1n) is 9.04. The van der Waals surface area contributed by atoms with Crippen molar-refractivity contribution in [2.45, 2.75) is 32.4 Å². The molecule has 0 spiro atoms. The lowest BCUT2D eigenvalue weighted by molar-refractivity contribution is -0.686. The van der Waals surface area contributed by atoms with E-state index in [0.717, 1.165) is 18.5 Å². The number of hydrogen-bond acceptors (Lipinski definition) is 3. The smallest absolute Gasteiger partial charge is 0.130 e. The molecule has 144 valence electrons. The zero-order chi connectivity index (χ0) is 18.4. The Labute approximate surface area is 176 Å². The summed E-state index contributed by atoms with van der Waals surface area (Å²) in [5.41, 5.74) is 6.11. The molecule has 2 aromatic heterocycles. The summed E-state index contributed by atoms with van der Waals surface area (Å²) in [4.78, 5) is 0. The van der Waals surface area contributed by atoms with Crippen LogP contribution in [0.4, 0.5) is 0 Å². The fraction of sp³-hybridized carbons (Fsp3) is 0.273. The number of aliphatic hydroxyl groups is 1. The number of benzene rings is 1. The SMILES string of the molecule is CCc1ccc(C(O)C(C)[NH2+]CC=C(c2ccsc2)c2ccsc2)cc1.[Cl-]. The Morgan fingerprint density at radius 1 is 1.04 bits per heavy atom. The molecule has 0 aliphatic heterocycles. The van der Waals surface area contributed by atoms with Gasteiger partial charge in [0.1, 0.15) is 12.1 Å². The first-order valence-corrected chi connectivity index (χ1v) is 10.9. The Morgan fingerprint density at radius 3 is 2.11 bits per heavy atom. The summed E-state index contributed by atoms with van der Waals surface area (Å²) in [5.74, 6) is 0. The lowest BCUT2D eigenvalue weighted by Crippen LogP contribution is -3.00. The monoisotopic (exact) mass is 419 g/mol. The highest BCUT2D eigenvalue weighted by Gasteiger charge is 2.18. The molecule has 0 radical (unpaired) electrons. The van der Waals surface area contributed by atoms with Crippen LogP contribution in [0.1, 0.15) is 42.2 Å². The van der Waals surface area contributed by atoms with E-state index < -0.39 is 6.10 Å². The maximum atomic E-state index is 10.6. The molecule has 0 fully saturated rings. The molecule has 5 heteroatoms. The molecule has 0 saturated heterocycles. The van der Waals surface area contributed by atoms with Gasteiger partial charge in [-0.2, -0.15) is 22.7 Å². The van der Waals surface area contributed by atoms with Crippen LogP contribution in [0.15, 0.2) is 64.0 Å². The summed E-state index contributed by atoms with van der Waals surface area (Å²) in [5, 5.41) is 21.5. The third-order valence-corrected chi connectivity index (χ3v) is 6.09. The number of rotatable bonds is 8. The highest BCUT2D eigenvalue weighted by Crippen LogP contribution is 2.26. The fourth-order valence-electron chi connectivity index (χ4n) is 3.02. The maximum absolute atomic E-state index is 10.6. The van der Waals surface area contributed by atoms with Gasteiger partial charge in [0.15, 0.2) is 0 Å². The summed E-state index contributed by atoms with van der Waals surface area (Å²) < 4.78 is 0. The molecule has 2 heterocycles. The van der Waals surface area contributed by atoms with Gasteiger partial charge in [0.25, 0.3) is 0 Å². The highest BCUT2D eigenvalue weighted by molar-refractivity contribution is 7.08. The van der Waals surface area contributed by atoms with Gasteiger partial charge in [-0.05, 0) is 80.9 Å². The van der Waals surface area contributed by atoms with Crippen LogP contribution < -0.4 is 17.7 Å². The zero-order valence-electron chi connectivity index (χ0n) is 15.6. The van der Waals surface area contributed by atoms with Gasteiger partial charge in [0.05, 0.1) is 6.54 Å². The minimum absolute atomic E-state index is 0. The number of quaternary nitrogens is 1. The van der Waals surface area contributed by atoms with Crippen molar-refractivity contribution in [3.63, 3.8) is 0 Å². The predicted molar refractivity (Wildman–Crippen MR) is 113 cm³/mol. The molecule has 2 unspecified atom stereocenters. The molecule has 0 aliphatic rings. The van der Waals surface area contributed by atoms with Crippen LogP contribution in [0.3, 0.4) is 0 Å². The van der Waals surface area contributed by atoms with Gasteiger partial charge in [-0.15, -0.1) is 0 Å². The Balaban J connectivity index is 0.00000261. The molecule has 0 amide bonds. The van der Waals surface area contributed by atoms with E-state index in [9.17, 15) is 5.11 Å². The Hall–Kier alpha value is -1.43. The van der Waals surface area contributed by atoms with Crippen molar-refractivity contribution < 1.29 is 22.8 Å². The van der Waals surface area contributed by atoms with Crippen LogP contribution >= 0.6 is 22.7 Å². The van der Waals surface area contributed by atoms with Crippen LogP contribution in [0.5, 0.6) is 0 Å². The second kappa shape index (κ2) is 10.8. The van der Waals surface area contributed by atoms with Gasteiger partial charge in [0.2, 0.25) is 0 Å². The van der Waals surface area contributed by atoms with Gasteiger partial charge in [-0.25, -0.2) is 0 Å². The number of nitrogens with two attached hydrogens (primary N) is 1. The number of aliphatic hydroxyl groups excluding tert-OH is 1. The van der Waals surface area contributed by atoms with Crippen molar-refractivity contribution in [2.75, 3.05) is 6.54 Å². The molecule has 2 atom stereocenters. The van der Waals surface area contributed by atoms with Crippen LogP contribution in [-0.4, -0.2) is 17.7 Å². The van der Waals surface area contributed by atoms with Gasteiger partial charge in [-0.1, -0.05) is 31.2 Å². The maximum Gasteiger partial charge on any atom is 0.130 e. The van der Waals surface area contributed by atoms with E-state index in [2.05, 4.69) is 71.0 Å². The first kappa shape index (κ1) is 21.9. The second-order valence-electron chi connectivity index (χ2n) is 6.51. The minimum atomic E-state index is -0.458. The van der Waals surface area contributed by atoms with Gasteiger partial charge < -0.3 is 22.8 Å². The van der Waals surface area contributed by atoms with E-state index in [1.54, 1.807) is 22.7 Å². The van der Waals surface area contributed by atoms with Crippen molar-refractivity contribution in [3.05, 3.63) is 86.2 Å². The number of aryl methyl sites for hydroxylation is 1. The normalized spacial score (nSPS) is 12.9. The van der Waals surface area contributed by atoms with Gasteiger partial charge in [-0.3, -0.25) is 0 Å². The van der Waals surface area contributed by atoms with Crippen LogP contribution in [0.25, 0.3) is 5.57 Å². The summed E-state index contributed by atoms with van der Waals surface area (Å²) in [7, 11) is 0. The summed E-state index contributed by atoms with van der Waals surface area (Å²) >= 11 is 3.44. The molecule has 3 rings (SSSR count). The van der Waals surface area contributed by atoms with Crippen molar-refractivity contribution in [1.29, 1.82) is 0 Å². The van der Waals surface area contributed by atoms with E-state index in [1.165, 1.54) is 22.3 Å². The lowest BCUT2D eigenvalue weighted by atomic mass is 10.0. The van der Waals surface area contributed by atoms with Gasteiger partial charge >= 0.3 is 0 Å². The lowest BCUT2D eigenvalue weighted by Gasteiger charge is -2.17. The summed E-state index contributed by atoms with van der Waals surface area (Å²) in [6.45, 7) is 5.07. The average Bonchev–Trinajstić information content (AvgIpc) is 3.38. The van der Waals surface area contributed by atoms with E-state index in [-0.39, 0.29) is 18.4 Å². The van der Waals surface area contributed by atoms with E-state index in [4.69, 9.17) is 0 Å². The van der Waals surface area contributed by atoms with Crippen molar-refractivity contribution in [1.82, 2.24) is 0 Å². The summed E-state index contributed by atoms with van der Waals surface area (Å²) in [6.07, 6.45) is 2.84. The van der Waals surface area contributed by atoms with Crippen molar-refractivity contribution in [2.24, 2.45) is 0 Å². The Morgan fingerprint density at radius 2 is 1.63 bits per heavy atom. The molecule has 0 aliphatic carbocycles. The van der Waals surface area contributed by atoms with Crippen molar-refractivity contribution >= 4 is 28.2 Å². The highest BCUT2D eigenvalue weighted by atomic mass is 35.5. The molecular formula is C22H26ClNOS2. The largest absolute Gasteiger partial charge is 1.00 e. The zero-order valence-corrected chi connectivity index (χ0v) is 18.0. The van der Waals surface area contributed by atoms with Crippen LogP contribution in [0, 0.1) is 0 Å².